The van der Waals surface area contributed by atoms with E-state index in [1.807, 2.05) is 12.1 Å². The largest absolute Gasteiger partial charge is 0.456 e. The number of hydrogen-bond acceptors (Lipinski definition) is 1. The van der Waals surface area contributed by atoms with Crippen LogP contribution in [0.15, 0.2) is 97.1 Å². The third-order valence-electron chi connectivity index (χ3n) is 4.66. The van der Waals surface area contributed by atoms with E-state index in [0.29, 0.717) is 0 Å². The van der Waals surface area contributed by atoms with Crippen LogP contribution in [-0.4, -0.2) is 0 Å². The maximum absolute atomic E-state index is 6.46. The molecule has 0 aliphatic rings. The molecule has 132 valence electrons. The molecule has 0 fully saturated rings. The fourth-order valence-electron chi connectivity index (χ4n) is 3.27. The van der Waals surface area contributed by atoms with Gasteiger partial charge in [0.2, 0.25) is 0 Å². The van der Waals surface area contributed by atoms with E-state index in [9.17, 15) is 0 Å². The Morgan fingerprint density at radius 2 is 0.889 bits per heavy atom. The second kappa shape index (κ2) is 7.51. The van der Waals surface area contributed by atoms with Crippen molar-refractivity contribution < 1.29 is 4.74 Å². The van der Waals surface area contributed by atoms with E-state index >= 15 is 0 Å². The maximum Gasteiger partial charge on any atom is 0.135 e. The molecule has 1 heteroatoms. The van der Waals surface area contributed by atoms with Gasteiger partial charge in [0, 0.05) is 11.1 Å². The molecule has 0 bridgehead atoms. The Kier molecular flexibility index (Phi) is 4.76. The molecule has 0 radical (unpaired) electrons. The van der Waals surface area contributed by atoms with Crippen LogP contribution >= 0.6 is 0 Å². The average molecular weight is 350 g/mol. The summed E-state index contributed by atoms with van der Waals surface area (Å²) in [5.41, 5.74) is 6.96. The minimum absolute atomic E-state index is 0.868. The minimum atomic E-state index is 0.868. The van der Waals surface area contributed by atoms with Crippen LogP contribution in [-0.2, 0) is 0 Å². The number of rotatable bonds is 4. The summed E-state index contributed by atoms with van der Waals surface area (Å²) in [7, 11) is 0. The Labute approximate surface area is 160 Å². The van der Waals surface area contributed by atoms with Gasteiger partial charge in [0.05, 0.1) is 0 Å². The van der Waals surface area contributed by atoms with E-state index in [1.165, 1.54) is 11.1 Å². The lowest BCUT2D eigenvalue weighted by atomic mass is 10.0. The molecular weight excluding hydrogens is 328 g/mol. The summed E-state index contributed by atoms with van der Waals surface area (Å²) in [6.45, 7) is 4.22. The van der Waals surface area contributed by atoms with Gasteiger partial charge in [-0.05, 0) is 49.2 Å². The summed E-state index contributed by atoms with van der Waals surface area (Å²) in [6, 6.07) is 33.5. The van der Waals surface area contributed by atoms with E-state index < -0.39 is 0 Å². The molecule has 0 aliphatic carbocycles. The lowest BCUT2D eigenvalue weighted by Crippen LogP contribution is -1.92. The first-order valence-corrected chi connectivity index (χ1v) is 9.21. The van der Waals surface area contributed by atoms with E-state index in [2.05, 4.69) is 98.8 Å². The second-order valence-electron chi connectivity index (χ2n) is 6.83. The summed E-state index contributed by atoms with van der Waals surface area (Å²) in [4.78, 5) is 0. The summed E-state index contributed by atoms with van der Waals surface area (Å²) < 4.78 is 6.46. The Morgan fingerprint density at radius 1 is 0.481 bits per heavy atom. The van der Waals surface area contributed by atoms with Gasteiger partial charge in [-0.1, -0.05) is 83.9 Å². The Balaban J connectivity index is 1.80. The standard InChI is InChI=1S/C26H22O/c1-19-13-15-25(23(17-19)21-9-5-3-6-10-21)27-26-16-14-20(2)18-24(26)22-11-7-4-8-12-22/h3-18H,1-2H3. The normalized spacial score (nSPS) is 10.6. The van der Waals surface area contributed by atoms with Crippen molar-refractivity contribution in [3.63, 3.8) is 0 Å². The van der Waals surface area contributed by atoms with Crippen molar-refractivity contribution in [2.24, 2.45) is 0 Å². The predicted octanol–water partition coefficient (Wildman–Crippen LogP) is 7.43. The topological polar surface area (TPSA) is 9.23 Å². The molecule has 4 rings (SSSR count). The van der Waals surface area contributed by atoms with Crippen LogP contribution < -0.4 is 4.74 Å². The maximum atomic E-state index is 6.46. The minimum Gasteiger partial charge on any atom is -0.456 e. The first-order chi connectivity index (χ1) is 13.2. The van der Waals surface area contributed by atoms with Crippen LogP contribution in [0, 0.1) is 13.8 Å². The van der Waals surface area contributed by atoms with E-state index in [1.54, 1.807) is 0 Å². The molecule has 0 aromatic heterocycles. The first-order valence-electron chi connectivity index (χ1n) is 9.21. The number of hydrogen-bond donors (Lipinski definition) is 0. The molecule has 4 aromatic rings. The van der Waals surface area contributed by atoms with Crippen LogP contribution in [0.1, 0.15) is 11.1 Å². The summed E-state index contributed by atoms with van der Waals surface area (Å²) in [6.07, 6.45) is 0. The van der Waals surface area contributed by atoms with Crippen molar-refractivity contribution in [1.82, 2.24) is 0 Å². The third-order valence-corrected chi connectivity index (χ3v) is 4.66. The SMILES string of the molecule is Cc1ccc(Oc2ccc(C)cc2-c2ccccc2)c(-c2ccccc2)c1. The highest BCUT2D eigenvalue weighted by molar-refractivity contribution is 5.75. The molecule has 4 aromatic carbocycles. The second-order valence-corrected chi connectivity index (χ2v) is 6.83. The number of benzene rings is 4. The smallest absolute Gasteiger partial charge is 0.135 e. The summed E-state index contributed by atoms with van der Waals surface area (Å²) >= 11 is 0. The number of ether oxygens (including phenoxy) is 1. The summed E-state index contributed by atoms with van der Waals surface area (Å²) in [5.74, 6) is 1.74. The van der Waals surface area contributed by atoms with E-state index in [0.717, 1.165) is 33.8 Å². The van der Waals surface area contributed by atoms with Gasteiger partial charge in [0.25, 0.3) is 0 Å². The molecule has 27 heavy (non-hydrogen) atoms. The van der Waals surface area contributed by atoms with Crippen molar-refractivity contribution >= 4 is 0 Å². The average Bonchev–Trinajstić information content (AvgIpc) is 2.72. The fourth-order valence-corrected chi connectivity index (χ4v) is 3.27. The monoisotopic (exact) mass is 350 g/mol. The Bertz CT molecular complexity index is 963. The van der Waals surface area contributed by atoms with Gasteiger partial charge in [-0.25, -0.2) is 0 Å². The van der Waals surface area contributed by atoms with Crippen LogP contribution in [0.25, 0.3) is 22.3 Å². The zero-order chi connectivity index (χ0) is 18.6. The zero-order valence-electron chi connectivity index (χ0n) is 15.6. The molecular formula is C26H22O. The van der Waals surface area contributed by atoms with Crippen LogP contribution in [0.5, 0.6) is 11.5 Å². The van der Waals surface area contributed by atoms with Crippen molar-refractivity contribution in [2.75, 3.05) is 0 Å². The van der Waals surface area contributed by atoms with Crippen LogP contribution in [0.2, 0.25) is 0 Å². The molecule has 0 atom stereocenters. The highest BCUT2D eigenvalue weighted by atomic mass is 16.5. The lowest BCUT2D eigenvalue weighted by molar-refractivity contribution is 0.486. The molecule has 0 N–H and O–H groups in total. The number of aryl methyl sites for hydroxylation is 2. The quantitative estimate of drug-likeness (QED) is 0.372. The van der Waals surface area contributed by atoms with E-state index in [4.69, 9.17) is 4.74 Å². The van der Waals surface area contributed by atoms with E-state index in [-0.39, 0.29) is 0 Å². The third kappa shape index (κ3) is 3.78. The van der Waals surface area contributed by atoms with Crippen LogP contribution in [0.3, 0.4) is 0 Å². The molecule has 1 nitrogen and oxygen atoms in total. The zero-order valence-corrected chi connectivity index (χ0v) is 15.6. The first kappa shape index (κ1) is 17.1. The molecule has 0 heterocycles. The molecule has 0 aliphatic heterocycles. The molecule has 0 unspecified atom stereocenters. The molecule has 0 saturated carbocycles. The highest BCUT2D eigenvalue weighted by Crippen LogP contribution is 2.38. The molecule has 0 spiro atoms. The van der Waals surface area contributed by atoms with Gasteiger partial charge in [0.15, 0.2) is 0 Å². The molecule has 0 amide bonds. The lowest BCUT2D eigenvalue weighted by Gasteiger charge is -2.16. The Hall–Kier alpha value is -3.32. The van der Waals surface area contributed by atoms with Gasteiger partial charge in [-0.3, -0.25) is 0 Å². The highest BCUT2D eigenvalue weighted by Gasteiger charge is 2.12. The fraction of sp³-hybridized carbons (Fsp3) is 0.0769. The summed E-state index contributed by atoms with van der Waals surface area (Å²) in [5, 5.41) is 0. The van der Waals surface area contributed by atoms with Crippen molar-refractivity contribution in [3.05, 3.63) is 108 Å². The van der Waals surface area contributed by atoms with Gasteiger partial charge in [-0.15, -0.1) is 0 Å². The van der Waals surface area contributed by atoms with Crippen molar-refractivity contribution in [1.29, 1.82) is 0 Å². The van der Waals surface area contributed by atoms with Gasteiger partial charge < -0.3 is 4.74 Å². The van der Waals surface area contributed by atoms with Crippen molar-refractivity contribution in [2.45, 2.75) is 13.8 Å². The van der Waals surface area contributed by atoms with Gasteiger partial charge in [0.1, 0.15) is 11.5 Å². The van der Waals surface area contributed by atoms with Gasteiger partial charge >= 0.3 is 0 Å². The predicted molar refractivity (Wildman–Crippen MR) is 113 cm³/mol. The molecule has 0 saturated heterocycles. The van der Waals surface area contributed by atoms with Crippen LogP contribution in [0.4, 0.5) is 0 Å². The van der Waals surface area contributed by atoms with Gasteiger partial charge in [-0.2, -0.15) is 0 Å². The van der Waals surface area contributed by atoms with Crippen molar-refractivity contribution in [3.8, 4) is 33.8 Å². The Morgan fingerprint density at radius 3 is 1.30 bits per heavy atom.